The summed E-state index contributed by atoms with van der Waals surface area (Å²) in [4.78, 5) is 23.8. The molecule has 1 unspecified atom stereocenters. The zero-order chi connectivity index (χ0) is 25.6. The number of ketones is 1. The van der Waals surface area contributed by atoms with Crippen LogP contribution in [0.3, 0.4) is 0 Å². The van der Waals surface area contributed by atoms with Gasteiger partial charge in [-0.3, -0.25) is 4.79 Å². The second-order valence-corrected chi connectivity index (χ2v) is 7.96. The fraction of sp³-hybridized carbons (Fsp3) is 0.200. The molecule has 3 rings (SSSR count). The maximum absolute atomic E-state index is 13.0. The zero-order valence-corrected chi connectivity index (χ0v) is 18.8. The van der Waals surface area contributed by atoms with Crippen molar-refractivity contribution in [2.75, 3.05) is 0 Å². The number of carbonyl (C=O) groups excluding carboxylic acids is 1. The zero-order valence-electron chi connectivity index (χ0n) is 18.1. The molecule has 0 aliphatic heterocycles. The van der Waals surface area contributed by atoms with E-state index < -0.39 is 30.4 Å². The Labute approximate surface area is 203 Å². The van der Waals surface area contributed by atoms with Crippen LogP contribution in [0.25, 0.3) is 11.1 Å². The van der Waals surface area contributed by atoms with Gasteiger partial charge in [0.1, 0.15) is 5.75 Å². The lowest BCUT2D eigenvalue weighted by Gasteiger charge is -2.18. The number of nitrogens with one attached hydrogen (secondary N) is 1. The van der Waals surface area contributed by atoms with Crippen molar-refractivity contribution in [1.82, 2.24) is 5.32 Å². The Balaban J connectivity index is 1.71. The maximum atomic E-state index is 13.0. The van der Waals surface area contributed by atoms with Gasteiger partial charge in [-0.2, -0.15) is 17.6 Å². The highest BCUT2D eigenvalue weighted by Gasteiger charge is 2.43. The lowest BCUT2D eigenvalue weighted by molar-refractivity contribution is -0.253. The number of amides is 1. The molecular formula is C25H20ClF4NO4. The number of Topliss-reactive ketones (excluding diaryl/α,β-unsaturated/α-hetero) is 1. The van der Waals surface area contributed by atoms with E-state index in [0.717, 1.165) is 12.1 Å². The summed E-state index contributed by atoms with van der Waals surface area (Å²) >= 11 is 6.06. The Morgan fingerprint density at radius 3 is 2.06 bits per heavy atom. The average molecular weight is 510 g/mol. The summed E-state index contributed by atoms with van der Waals surface area (Å²) in [7, 11) is 0. The first-order valence-electron chi connectivity index (χ1n) is 10.4. The molecule has 35 heavy (non-hydrogen) atoms. The number of ether oxygens (including phenoxy) is 1. The minimum Gasteiger partial charge on any atom is -0.465 e. The molecule has 1 amide bonds. The quantitative estimate of drug-likeness (QED) is 0.223. The molecule has 0 spiro atoms. The Hall–Kier alpha value is -3.59. The number of halogens is 5. The smallest absolute Gasteiger partial charge is 0.461 e. The van der Waals surface area contributed by atoms with Crippen LogP contribution in [-0.2, 0) is 0 Å². The Morgan fingerprint density at radius 1 is 0.943 bits per heavy atom. The van der Waals surface area contributed by atoms with Gasteiger partial charge in [-0.25, -0.2) is 4.79 Å². The minimum absolute atomic E-state index is 0.0567. The predicted octanol–water partition coefficient (Wildman–Crippen LogP) is 7.22. The van der Waals surface area contributed by atoms with Crippen molar-refractivity contribution in [3.63, 3.8) is 0 Å². The molecule has 0 bridgehead atoms. The first-order chi connectivity index (χ1) is 16.6. The maximum Gasteiger partial charge on any atom is 0.461 e. The van der Waals surface area contributed by atoms with Gasteiger partial charge in [0.05, 0.1) is 11.1 Å². The molecule has 1 atom stereocenters. The van der Waals surface area contributed by atoms with Crippen molar-refractivity contribution in [1.29, 1.82) is 0 Å². The van der Waals surface area contributed by atoms with Crippen molar-refractivity contribution in [2.24, 2.45) is 0 Å². The number of hydrogen-bond donors (Lipinski definition) is 2. The predicted molar refractivity (Wildman–Crippen MR) is 122 cm³/mol. The van der Waals surface area contributed by atoms with Crippen LogP contribution in [0.1, 0.15) is 34.8 Å². The number of hydrogen-bond acceptors (Lipinski definition) is 3. The molecule has 10 heteroatoms. The Bertz CT molecular complexity index is 1170. The van der Waals surface area contributed by atoms with Crippen LogP contribution in [-0.4, -0.2) is 29.5 Å². The van der Waals surface area contributed by atoms with Crippen LogP contribution in [0.4, 0.5) is 22.4 Å². The number of carbonyl (C=O) groups is 2. The summed E-state index contributed by atoms with van der Waals surface area (Å²) in [6, 6.07) is 17.8. The van der Waals surface area contributed by atoms with E-state index in [-0.39, 0.29) is 18.6 Å². The fourth-order valence-corrected chi connectivity index (χ4v) is 3.63. The van der Waals surface area contributed by atoms with Gasteiger partial charge in [0, 0.05) is 12.0 Å². The number of benzene rings is 3. The topological polar surface area (TPSA) is 75.6 Å². The van der Waals surface area contributed by atoms with Gasteiger partial charge in [0.25, 0.3) is 0 Å². The van der Waals surface area contributed by atoms with Crippen molar-refractivity contribution < 1.29 is 37.0 Å². The van der Waals surface area contributed by atoms with Gasteiger partial charge in [-0.1, -0.05) is 60.1 Å². The van der Waals surface area contributed by atoms with Crippen LogP contribution in [0.5, 0.6) is 5.75 Å². The van der Waals surface area contributed by atoms with Crippen LogP contribution in [0.15, 0.2) is 72.8 Å². The molecule has 0 saturated carbocycles. The lowest BCUT2D eigenvalue weighted by Crippen LogP contribution is -2.33. The Morgan fingerprint density at radius 2 is 1.51 bits per heavy atom. The molecule has 2 N–H and O–H groups in total. The third-order valence-electron chi connectivity index (χ3n) is 5.14. The summed E-state index contributed by atoms with van der Waals surface area (Å²) < 4.78 is 54.7. The number of rotatable bonds is 10. The van der Waals surface area contributed by atoms with Crippen LogP contribution in [0.2, 0.25) is 5.02 Å². The molecule has 3 aromatic carbocycles. The third kappa shape index (κ3) is 6.95. The highest BCUT2D eigenvalue weighted by atomic mass is 35.5. The second kappa shape index (κ2) is 11.2. The molecule has 0 aliphatic rings. The van der Waals surface area contributed by atoms with Gasteiger partial charge in [-0.05, 0) is 47.4 Å². The van der Waals surface area contributed by atoms with Crippen molar-refractivity contribution >= 4 is 23.5 Å². The van der Waals surface area contributed by atoms with E-state index in [1.54, 1.807) is 48.5 Å². The molecule has 0 aliphatic carbocycles. The summed E-state index contributed by atoms with van der Waals surface area (Å²) in [6.07, 6.45) is -9.55. The van der Waals surface area contributed by atoms with E-state index in [9.17, 15) is 32.3 Å². The Kier molecular flexibility index (Phi) is 8.34. The summed E-state index contributed by atoms with van der Waals surface area (Å²) in [5.41, 5.74) is 2.24. The normalized spacial score (nSPS) is 12.3. The molecule has 0 aromatic heterocycles. The standard InChI is InChI=1S/C25H20ClF4NO4/c26-20-4-2-1-3-19(20)22(32)14-13-21(31-24(33)34)17-7-5-15(6-8-17)16-9-11-18(12-10-16)35-25(29,30)23(27)28/h1-12,21,23,31H,13-14H2,(H,33,34). The molecule has 0 saturated heterocycles. The summed E-state index contributed by atoms with van der Waals surface area (Å²) in [5, 5.41) is 11.9. The third-order valence-corrected chi connectivity index (χ3v) is 5.47. The van der Waals surface area contributed by atoms with E-state index in [2.05, 4.69) is 10.1 Å². The fourth-order valence-electron chi connectivity index (χ4n) is 3.39. The number of alkyl halides is 4. The van der Waals surface area contributed by atoms with Gasteiger partial charge >= 0.3 is 18.6 Å². The van der Waals surface area contributed by atoms with E-state index in [1.807, 2.05) is 0 Å². The van der Waals surface area contributed by atoms with E-state index in [0.29, 0.717) is 27.3 Å². The van der Waals surface area contributed by atoms with E-state index in [4.69, 9.17) is 11.6 Å². The van der Waals surface area contributed by atoms with Crippen molar-refractivity contribution in [2.45, 2.75) is 31.4 Å². The van der Waals surface area contributed by atoms with Gasteiger partial charge in [0.15, 0.2) is 5.78 Å². The van der Waals surface area contributed by atoms with E-state index in [1.165, 1.54) is 12.1 Å². The molecule has 3 aromatic rings. The van der Waals surface area contributed by atoms with Crippen molar-refractivity contribution in [3.05, 3.63) is 88.9 Å². The lowest BCUT2D eigenvalue weighted by atomic mass is 9.96. The average Bonchev–Trinajstić information content (AvgIpc) is 2.82. The first kappa shape index (κ1) is 26.0. The highest BCUT2D eigenvalue weighted by Crippen LogP contribution is 2.30. The molecule has 0 fully saturated rings. The molecule has 0 radical (unpaired) electrons. The molecular weight excluding hydrogens is 490 g/mol. The first-order valence-corrected chi connectivity index (χ1v) is 10.8. The van der Waals surface area contributed by atoms with Crippen LogP contribution >= 0.6 is 11.6 Å². The molecule has 184 valence electrons. The van der Waals surface area contributed by atoms with E-state index >= 15 is 0 Å². The summed E-state index contributed by atoms with van der Waals surface area (Å²) in [5.74, 6) is -0.631. The number of carboxylic acid groups (broad SMARTS) is 1. The molecule has 0 heterocycles. The van der Waals surface area contributed by atoms with Gasteiger partial charge in [0.2, 0.25) is 0 Å². The van der Waals surface area contributed by atoms with Crippen LogP contribution < -0.4 is 10.1 Å². The summed E-state index contributed by atoms with van der Waals surface area (Å²) in [6.45, 7) is 0. The monoisotopic (exact) mass is 509 g/mol. The van der Waals surface area contributed by atoms with Crippen molar-refractivity contribution in [3.8, 4) is 16.9 Å². The minimum atomic E-state index is -4.59. The van der Waals surface area contributed by atoms with Crippen LogP contribution in [0, 0.1) is 0 Å². The molecule has 5 nitrogen and oxygen atoms in total. The highest BCUT2D eigenvalue weighted by molar-refractivity contribution is 6.33. The van der Waals surface area contributed by atoms with Gasteiger partial charge in [-0.15, -0.1) is 0 Å². The SMILES string of the molecule is O=C(O)NC(CCC(=O)c1ccccc1Cl)c1ccc(-c2ccc(OC(F)(F)C(F)F)cc2)cc1. The second-order valence-electron chi connectivity index (χ2n) is 7.55. The largest absolute Gasteiger partial charge is 0.465 e. The van der Waals surface area contributed by atoms with Gasteiger partial charge < -0.3 is 15.2 Å².